The van der Waals surface area contributed by atoms with Crippen molar-refractivity contribution in [2.24, 2.45) is 5.41 Å². The first-order valence-corrected chi connectivity index (χ1v) is 11.6. The number of anilines is 2. The average molecular weight is 504 g/mol. The molecule has 1 fully saturated rings. The Balaban J connectivity index is 1.53. The lowest BCUT2D eigenvalue weighted by atomic mass is 9.91. The smallest absolute Gasteiger partial charge is 0.255 e. The van der Waals surface area contributed by atoms with E-state index in [2.05, 4.69) is 40.8 Å². The van der Waals surface area contributed by atoms with E-state index in [1.807, 2.05) is 30.9 Å². The predicted octanol–water partition coefficient (Wildman–Crippen LogP) is 4.77. The number of nitrogens with zero attached hydrogens (tertiary/aromatic N) is 2. The second kappa shape index (κ2) is 8.54. The molecule has 3 N–H and O–H groups in total. The van der Waals surface area contributed by atoms with Gasteiger partial charge in [-0.1, -0.05) is 6.07 Å². The minimum Gasteiger partial charge on any atom is -0.340 e. The SMILES string of the molecule is CC1(C)C(=O)C(S)N(c2ccc(C(=O)Nc3cccc(-n4c(=S)[nH][nH]c4=S)c3)cc2)C1S. The second-order valence-electron chi connectivity index (χ2n) is 7.99. The number of rotatable bonds is 4. The number of hydrogen-bond donors (Lipinski definition) is 5. The Morgan fingerprint density at radius 1 is 1.03 bits per heavy atom. The molecular formula is C21H21N5O2S4. The molecule has 11 heteroatoms. The van der Waals surface area contributed by atoms with Gasteiger partial charge in [-0.3, -0.25) is 24.4 Å². The normalized spacial score (nSPS) is 19.9. The summed E-state index contributed by atoms with van der Waals surface area (Å²) in [5.41, 5.74) is 1.96. The van der Waals surface area contributed by atoms with Crippen LogP contribution in [0, 0.1) is 15.0 Å². The molecule has 32 heavy (non-hydrogen) atoms. The van der Waals surface area contributed by atoms with Gasteiger partial charge in [-0.05, 0) is 80.7 Å². The van der Waals surface area contributed by atoms with Gasteiger partial charge in [0.15, 0.2) is 15.3 Å². The van der Waals surface area contributed by atoms with Gasteiger partial charge in [-0.25, -0.2) is 0 Å². The third kappa shape index (κ3) is 3.94. The molecule has 1 saturated heterocycles. The number of benzene rings is 2. The van der Waals surface area contributed by atoms with Gasteiger partial charge >= 0.3 is 0 Å². The number of carbonyl (C=O) groups excluding carboxylic acids is 2. The first kappa shape index (κ1) is 22.8. The zero-order valence-corrected chi connectivity index (χ0v) is 20.6. The molecule has 1 aliphatic heterocycles. The van der Waals surface area contributed by atoms with E-state index in [4.69, 9.17) is 24.4 Å². The van der Waals surface area contributed by atoms with Crippen molar-refractivity contribution in [3.8, 4) is 5.69 Å². The number of carbonyl (C=O) groups is 2. The van der Waals surface area contributed by atoms with Crippen LogP contribution in [0.15, 0.2) is 48.5 Å². The summed E-state index contributed by atoms with van der Waals surface area (Å²) in [7, 11) is 0. The lowest BCUT2D eigenvalue weighted by Crippen LogP contribution is -2.34. The van der Waals surface area contributed by atoms with E-state index in [9.17, 15) is 9.59 Å². The number of hydrogen-bond acceptors (Lipinski definition) is 7. The maximum Gasteiger partial charge on any atom is 0.255 e. The summed E-state index contributed by atoms with van der Waals surface area (Å²) in [6.45, 7) is 3.72. The molecule has 1 amide bonds. The van der Waals surface area contributed by atoms with Gasteiger partial charge in [0.2, 0.25) is 0 Å². The van der Waals surface area contributed by atoms with Crippen molar-refractivity contribution in [3.63, 3.8) is 0 Å². The Labute approximate surface area is 206 Å². The fourth-order valence-corrected chi connectivity index (χ4v) is 5.26. The molecule has 2 atom stereocenters. The van der Waals surface area contributed by atoms with Crippen LogP contribution in [0.5, 0.6) is 0 Å². The number of H-pyrrole nitrogens is 2. The van der Waals surface area contributed by atoms with Crippen molar-refractivity contribution in [2.75, 3.05) is 10.2 Å². The minimum absolute atomic E-state index is 0.0184. The fourth-order valence-electron chi connectivity index (χ4n) is 3.61. The van der Waals surface area contributed by atoms with E-state index in [-0.39, 0.29) is 17.1 Å². The highest BCUT2D eigenvalue weighted by Crippen LogP contribution is 2.43. The summed E-state index contributed by atoms with van der Waals surface area (Å²) in [4.78, 5) is 27.1. The average Bonchev–Trinajstić information content (AvgIpc) is 3.17. The van der Waals surface area contributed by atoms with Gasteiger partial charge in [0, 0.05) is 16.9 Å². The van der Waals surface area contributed by atoms with E-state index in [0.29, 0.717) is 20.8 Å². The number of thiol groups is 2. The standard InChI is InChI=1S/C21H21N5O2S4/c1-21(2)15(27)17(29)25(18(21)30)13-8-6-11(7-9-13)16(28)22-12-4-3-5-14(10-12)26-19(31)23-24-20(26)32/h3-10,17-18,29-30H,1-2H3,(H,22,28)(H,23,31)(H,24,32). The highest BCUT2D eigenvalue weighted by Gasteiger charge is 2.51. The van der Waals surface area contributed by atoms with Crippen LogP contribution in [0.4, 0.5) is 11.4 Å². The fraction of sp³-hybridized carbons (Fsp3) is 0.238. The van der Waals surface area contributed by atoms with E-state index < -0.39 is 10.8 Å². The summed E-state index contributed by atoms with van der Waals surface area (Å²) in [5.74, 6) is -0.246. The monoisotopic (exact) mass is 503 g/mol. The molecule has 0 aliphatic carbocycles. The molecule has 0 bridgehead atoms. The van der Waals surface area contributed by atoms with Crippen molar-refractivity contribution in [3.05, 3.63) is 63.6 Å². The Morgan fingerprint density at radius 3 is 2.22 bits per heavy atom. The van der Waals surface area contributed by atoms with Crippen molar-refractivity contribution >= 4 is 72.8 Å². The molecule has 4 rings (SSSR count). The number of aromatic amines is 2. The Bertz CT molecular complexity index is 1280. The molecule has 166 valence electrons. The van der Waals surface area contributed by atoms with Crippen LogP contribution in [0.2, 0.25) is 0 Å². The third-order valence-corrected chi connectivity index (χ3v) is 7.46. The molecule has 2 heterocycles. The molecule has 7 nitrogen and oxygen atoms in total. The van der Waals surface area contributed by atoms with Gasteiger partial charge in [-0.15, -0.1) is 12.6 Å². The Morgan fingerprint density at radius 2 is 1.66 bits per heavy atom. The van der Waals surface area contributed by atoms with Crippen molar-refractivity contribution in [1.29, 1.82) is 0 Å². The molecule has 1 aromatic heterocycles. The van der Waals surface area contributed by atoms with Crippen LogP contribution in [0.1, 0.15) is 24.2 Å². The van der Waals surface area contributed by atoms with E-state index in [1.54, 1.807) is 41.0 Å². The summed E-state index contributed by atoms with van der Waals surface area (Å²) >= 11 is 19.6. The number of ketones is 1. The summed E-state index contributed by atoms with van der Waals surface area (Å²) in [6.07, 6.45) is 0. The van der Waals surface area contributed by atoms with Gasteiger partial charge in [0.05, 0.1) is 16.5 Å². The summed E-state index contributed by atoms with van der Waals surface area (Å²) in [5, 5.41) is 7.57. The maximum absolute atomic E-state index is 12.8. The maximum atomic E-state index is 12.8. The molecular weight excluding hydrogens is 483 g/mol. The summed E-state index contributed by atoms with van der Waals surface area (Å²) in [6, 6.07) is 14.2. The van der Waals surface area contributed by atoms with Crippen LogP contribution in [0.3, 0.4) is 0 Å². The number of Topliss-reactive ketones (excluding diaryl/α,β-unsaturated/α-hetero) is 1. The number of aromatic nitrogens is 3. The van der Waals surface area contributed by atoms with Crippen LogP contribution in [-0.4, -0.2) is 37.2 Å². The quantitative estimate of drug-likeness (QED) is 0.262. The third-order valence-electron chi connectivity index (χ3n) is 5.51. The lowest BCUT2D eigenvalue weighted by molar-refractivity contribution is -0.123. The molecule has 0 saturated carbocycles. The zero-order valence-electron chi connectivity index (χ0n) is 17.2. The molecule has 0 spiro atoms. The predicted molar refractivity (Wildman–Crippen MR) is 137 cm³/mol. The largest absolute Gasteiger partial charge is 0.340 e. The topological polar surface area (TPSA) is 85.9 Å². The lowest BCUT2D eigenvalue weighted by Gasteiger charge is -2.29. The molecule has 3 aromatic rings. The molecule has 2 aromatic carbocycles. The van der Waals surface area contributed by atoms with Crippen molar-refractivity contribution in [1.82, 2.24) is 14.8 Å². The minimum atomic E-state index is -0.623. The highest BCUT2D eigenvalue weighted by molar-refractivity contribution is 7.83. The van der Waals surface area contributed by atoms with E-state index in [1.165, 1.54) is 0 Å². The summed E-state index contributed by atoms with van der Waals surface area (Å²) < 4.78 is 2.53. The number of nitrogens with one attached hydrogen (secondary N) is 3. The first-order chi connectivity index (χ1) is 15.1. The molecule has 1 aliphatic rings. The number of amides is 1. The zero-order chi connectivity index (χ0) is 23.2. The second-order valence-corrected chi connectivity index (χ2v) is 9.74. The Kier molecular flexibility index (Phi) is 6.10. The molecule has 0 radical (unpaired) electrons. The van der Waals surface area contributed by atoms with Gasteiger partial charge < -0.3 is 10.2 Å². The van der Waals surface area contributed by atoms with Crippen LogP contribution in [0.25, 0.3) is 5.69 Å². The van der Waals surface area contributed by atoms with Gasteiger partial charge in [0.25, 0.3) is 5.91 Å². The van der Waals surface area contributed by atoms with Crippen LogP contribution >= 0.6 is 49.7 Å². The molecule has 2 unspecified atom stereocenters. The van der Waals surface area contributed by atoms with Crippen molar-refractivity contribution < 1.29 is 9.59 Å². The van der Waals surface area contributed by atoms with E-state index >= 15 is 0 Å². The van der Waals surface area contributed by atoms with Gasteiger partial charge in [-0.2, -0.15) is 12.6 Å². The first-order valence-electron chi connectivity index (χ1n) is 9.71. The van der Waals surface area contributed by atoms with Crippen molar-refractivity contribution in [2.45, 2.75) is 24.6 Å². The van der Waals surface area contributed by atoms with Crippen LogP contribution in [-0.2, 0) is 4.79 Å². The van der Waals surface area contributed by atoms with E-state index in [0.717, 1.165) is 11.4 Å². The van der Waals surface area contributed by atoms with Crippen LogP contribution < -0.4 is 10.2 Å². The highest BCUT2D eigenvalue weighted by atomic mass is 32.1. The Hall–Kier alpha value is -2.34. The van der Waals surface area contributed by atoms with Gasteiger partial charge in [0.1, 0.15) is 5.37 Å².